The first-order chi connectivity index (χ1) is 22.7. The Kier molecular flexibility index (Phi) is 14.2. The van der Waals surface area contributed by atoms with Crippen LogP contribution in [-0.4, -0.2) is 76.4 Å². The molecule has 0 radical (unpaired) electrons. The summed E-state index contributed by atoms with van der Waals surface area (Å²) in [6, 6.07) is 6.95. The highest BCUT2D eigenvalue weighted by molar-refractivity contribution is 5.95. The third kappa shape index (κ3) is 10.5. The van der Waals surface area contributed by atoms with E-state index in [0.717, 1.165) is 37.7 Å². The molecule has 274 valence electrons. The van der Waals surface area contributed by atoms with Gasteiger partial charge in [-0.2, -0.15) is 0 Å². The molecule has 2 aliphatic carbocycles. The van der Waals surface area contributed by atoms with Crippen LogP contribution >= 0.6 is 0 Å². The molecular weight excluding hydrogens is 624 g/mol. The van der Waals surface area contributed by atoms with E-state index in [1.54, 1.807) is 4.90 Å². The van der Waals surface area contributed by atoms with Gasteiger partial charge in [0.05, 0.1) is 12.1 Å². The van der Waals surface area contributed by atoms with E-state index in [9.17, 15) is 29.1 Å². The van der Waals surface area contributed by atoms with E-state index in [1.165, 1.54) is 0 Å². The zero-order valence-electron chi connectivity index (χ0n) is 29.5. The number of aliphatic hydroxyl groups is 1. The van der Waals surface area contributed by atoms with Crippen LogP contribution in [0.2, 0.25) is 0 Å². The Morgan fingerprint density at radius 3 is 2.27 bits per heavy atom. The summed E-state index contributed by atoms with van der Waals surface area (Å²) in [5.74, 6) is -2.26. The number of ketones is 1. The van der Waals surface area contributed by atoms with Crippen LogP contribution in [0, 0.1) is 29.1 Å². The van der Waals surface area contributed by atoms with Gasteiger partial charge in [-0.05, 0) is 60.8 Å². The summed E-state index contributed by atoms with van der Waals surface area (Å²) in [5.41, 5.74) is 0.201. The van der Waals surface area contributed by atoms with Crippen molar-refractivity contribution in [2.24, 2.45) is 29.1 Å². The summed E-state index contributed by atoms with van der Waals surface area (Å²) in [4.78, 5) is 69.5. The molecule has 3 fully saturated rings. The average Bonchev–Trinajstić information content (AvgIpc) is 3.60. The quantitative estimate of drug-likeness (QED) is 0.208. The monoisotopic (exact) mass is 684 g/mol. The van der Waals surface area contributed by atoms with Crippen molar-refractivity contribution in [2.45, 2.75) is 137 Å². The van der Waals surface area contributed by atoms with Crippen molar-refractivity contribution in [1.29, 1.82) is 0 Å². The lowest BCUT2D eigenvalue weighted by Crippen LogP contribution is -2.57. The molecule has 1 heterocycles. The molecule has 4 N–H and O–H groups in total. The van der Waals surface area contributed by atoms with Crippen molar-refractivity contribution in [3.8, 4) is 0 Å². The van der Waals surface area contributed by atoms with E-state index in [-0.39, 0.29) is 61.8 Å². The maximum Gasteiger partial charge on any atom is 0.408 e. The maximum atomic E-state index is 14.5. The molecule has 49 heavy (non-hydrogen) atoms. The fourth-order valence-corrected chi connectivity index (χ4v) is 7.26. The van der Waals surface area contributed by atoms with E-state index in [0.29, 0.717) is 19.4 Å². The number of carbonyl (C=O) groups excluding carboxylic acids is 5. The highest BCUT2D eigenvalue weighted by Crippen LogP contribution is 2.44. The minimum absolute atomic E-state index is 0. The number of rotatable bonds is 15. The number of amides is 4. The van der Waals surface area contributed by atoms with Gasteiger partial charge in [0.1, 0.15) is 12.6 Å². The molecule has 0 bridgehead atoms. The van der Waals surface area contributed by atoms with Crippen LogP contribution in [0.3, 0.4) is 0 Å². The number of ether oxygens (including phenoxy) is 1. The molecule has 1 saturated heterocycles. The van der Waals surface area contributed by atoms with Gasteiger partial charge in [-0.3, -0.25) is 19.2 Å². The summed E-state index contributed by atoms with van der Waals surface area (Å²) < 4.78 is 5.38. The maximum absolute atomic E-state index is 14.5. The largest absolute Gasteiger partial charge is 0.445 e. The van der Waals surface area contributed by atoms with Gasteiger partial charge in [0, 0.05) is 24.9 Å². The normalized spacial score (nSPS) is 22.6. The smallest absolute Gasteiger partial charge is 0.408 e. The van der Waals surface area contributed by atoms with Crippen LogP contribution in [0.4, 0.5) is 4.79 Å². The molecule has 11 nitrogen and oxygen atoms in total. The summed E-state index contributed by atoms with van der Waals surface area (Å²) in [5, 5.41) is 19.4. The van der Waals surface area contributed by atoms with Crippen molar-refractivity contribution in [3.05, 3.63) is 35.9 Å². The average molecular weight is 685 g/mol. The van der Waals surface area contributed by atoms with Gasteiger partial charge in [-0.15, -0.1) is 0 Å². The predicted molar refractivity (Wildman–Crippen MR) is 188 cm³/mol. The van der Waals surface area contributed by atoms with E-state index in [2.05, 4.69) is 16.0 Å². The Morgan fingerprint density at radius 1 is 1.00 bits per heavy atom. The topological polar surface area (TPSA) is 154 Å². The van der Waals surface area contributed by atoms with Crippen molar-refractivity contribution < 1.29 is 33.8 Å². The fraction of sp³-hybridized carbons (Fsp3) is 0.711. The van der Waals surface area contributed by atoms with E-state index in [1.807, 2.05) is 71.9 Å². The molecule has 4 rings (SSSR count). The van der Waals surface area contributed by atoms with Crippen LogP contribution in [0.15, 0.2) is 30.3 Å². The minimum Gasteiger partial charge on any atom is -0.445 e. The number of hydrogen-bond acceptors (Lipinski definition) is 7. The lowest BCUT2D eigenvalue weighted by atomic mass is 9.75. The fourth-order valence-electron chi connectivity index (χ4n) is 7.26. The number of nitrogens with one attached hydrogen (secondary N) is 3. The van der Waals surface area contributed by atoms with E-state index < -0.39 is 47.6 Å². The van der Waals surface area contributed by atoms with Crippen LogP contribution in [-0.2, 0) is 30.5 Å². The van der Waals surface area contributed by atoms with Crippen molar-refractivity contribution in [2.75, 3.05) is 6.54 Å². The highest BCUT2D eigenvalue weighted by Gasteiger charge is 2.52. The number of aliphatic hydroxyl groups excluding tert-OH is 1. The summed E-state index contributed by atoms with van der Waals surface area (Å²) in [6.07, 6.45) is 3.31. The van der Waals surface area contributed by atoms with Gasteiger partial charge in [-0.25, -0.2) is 4.79 Å². The Balaban J connectivity index is 0.00000650. The third-order valence-electron chi connectivity index (χ3n) is 10.2. The van der Waals surface area contributed by atoms with Crippen LogP contribution < -0.4 is 16.0 Å². The number of hydrogen-bond donors (Lipinski definition) is 4. The Hall–Kier alpha value is -3.47. The van der Waals surface area contributed by atoms with Gasteiger partial charge in [0.15, 0.2) is 11.9 Å². The molecule has 3 aliphatic rings. The number of benzene rings is 1. The molecule has 2 unspecified atom stereocenters. The van der Waals surface area contributed by atoms with Gasteiger partial charge in [0.2, 0.25) is 11.8 Å². The van der Waals surface area contributed by atoms with Gasteiger partial charge >= 0.3 is 6.09 Å². The highest BCUT2D eigenvalue weighted by atomic mass is 16.5. The van der Waals surface area contributed by atoms with Crippen molar-refractivity contribution in [1.82, 2.24) is 20.9 Å². The van der Waals surface area contributed by atoms with Crippen molar-refractivity contribution in [3.63, 3.8) is 0 Å². The molecule has 1 aromatic carbocycles. The predicted octanol–water partition coefficient (Wildman–Crippen LogP) is 4.75. The number of fused-ring (bicyclic) bond motifs is 1. The Bertz CT molecular complexity index is 1290. The number of alkyl carbamates (subject to hydrolysis) is 1. The van der Waals surface area contributed by atoms with E-state index in [4.69, 9.17) is 4.74 Å². The third-order valence-corrected chi connectivity index (χ3v) is 10.2. The molecule has 1 aromatic rings. The summed E-state index contributed by atoms with van der Waals surface area (Å²) in [7, 11) is 0. The Labute approximate surface area is 292 Å². The number of likely N-dealkylation sites (tertiary alicyclic amines) is 1. The van der Waals surface area contributed by atoms with Gasteiger partial charge in [0.25, 0.3) is 5.91 Å². The summed E-state index contributed by atoms with van der Waals surface area (Å²) >= 11 is 0. The van der Waals surface area contributed by atoms with E-state index >= 15 is 0 Å². The first kappa shape index (κ1) is 40.0. The Morgan fingerprint density at radius 2 is 1.67 bits per heavy atom. The minimum atomic E-state index is -1.39. The van der Waals surface area contributed by atoms with Crippen LogP contribution in [0.1, 0.15) is 106 Å². The van der Waals surface area contributed by atoms with Crippen molar-refractivity contribution >= 4 is 29.6 Å². The van der Waals surface area contributed by atoms with Gasteiger partial charge in [-0.1, -0.05) is 92.1 Å². The van der Waals surface area contributed by atoms with Crippen LogP contribution in [0.25, 0.3) is 0 Å². The lowest BCUT2D eigenvalue weighted by molar-refractivity contribution is -0.148. The number of nitrogens with zero attached hydrogens (tertiary/aromatic N) is 1. The SMILES string of the molecule is C.CCCC(NC(=O)[C@@H]1[C@H]2CCC[C@H]2CN1C(=O)[C@@H](CC(=O)[C@@H](NC(=O)OCc1ccccc1)C(C)C)C(C)(C)C)C(O)C(=O)NC1CC1. The zero-order chi connectivity index (χ0) is 35.2. The zero-order valence-corrected chi connectivity index (χ0v) is 29.5. The molecule has 2 saturated carbocycles. The standard InChI is InChI=1S/C37H56N4O7.CH4/c1-7-12-28(32(43)34(45)38-25-17-18-25)39-33(44)31-26-16-11-15-24(26)20-41(31)35(46)27(37(4,5)6)19-29(42)30(22(2)3)40-36(47)48-21-23-13-9-8-10-14-23;/h8-10,13-14,22,24-28,30-32,43H,7,11-12,15-21H2,1-6H3,(H,38,45)(H,39,44)(H,40,47);1H4/t24-,26-,27+,28?,30-,31-,32?;/m0./s1. The second kappa shape index (κ2) is 17.5. The van der Waals surface area contributed by atoms with Crippen LogP contribution in [0.5, 0.6) is 0 Å². The number of carbonyl (C=O) groups is 5. The molecule has 11 heteroatoms. The molecule has 7 atom stereocenters. The first-order valence-corrected chi connectivity index (χ1v) is 17.8. The molecule has 1 aliphatic heterocycles. The molecule has 0 aromatic heterocycles. The molecule has 4 amide bonds. The second-order valence-corrected chi connectivity index (χ2v) is 15.4. The second-order valence-electron chi connectivity index (χ2n) is 15.4. The molecular formula is C38H60N4O7. The lowest BCUT2D eigenvalue weighted by Gasteiger charge is -2.37. The number of Topliss-reactive ketones (excluding diaryl/α,β-unsaturated/α-hetero) is 1. The molecule has 0 spiro atoms. The summed E-state index contributed by atoms with van der Waals surface area (Å²) in [6.45, 7) is 11.8. The first-order valence-electron chi connectivity index (χ1n) is 17.8. The van der Waals surface area contributed by atoms with Gasteiger partial charge < -0.3 is 30.7 Å².